The van der Waals surface area contributed by atoms with E-state index in [1.165, 1.54) is 18.4 Å². The molecule has 20 heavy (non-hydrogen) atoms. The second-order valence-electron chi connectivity index (χ2n) is 5.06. The van der Waals surface area contributed by atoms with Crippen molar-refractivity contribution in [3.8, 4) is 5.75 Å². The van der Waals surface area contributed by atoms with Crippen LogP contribution in [0, 0.1) is 0 Å². The van der Waals surface area contributed by atoms with Crippen molar-refractivity contribution in [1.82, 2.24) is 0 Å². The zero-order valence-corrected chi connectivity index (χ0v) is 12.3. The highest BCUT2D eigenvalue weighted by Crippen LogP contribution is 2.28. The minimum Gasteiger partial charge on any atom is -0.496 e. The molecule has 2 N–H and O–H groups in total. The first-order valence-corrected chi connectivity index (χ1v) is 7.23. The van der Waals surface area contributed by atoms with Gasteiger partial charge in [0.15, 0.2) is 0 Å². The molecule has 0 heterocycles. The molecule has 2 aromatic carbocycles. The van der Waals surface area contributed by atoms with E-state index >= 15 is 0 Å². The van der Waals surface area contributed by atoms with E-state index in [1.807, 2.05) is 24.3 Å². The maximum absolute atomic E-state index is 6.36. The third kappa shape index (κ3) is 3.40. The topological polar surface area (TPSA) is 35.2 Å². The molecule has 0 saturated carbocycles. The second-order valence-corrected chi connectivity index (χ2v) is 5.06. The van der Waals surface area contributed by atoms with E-state index in [4.69, 9.17) is 10.5 Å². The zero-order valence-electron chi connectivity index (χ0n) is 12.3. The van der Waals surface area contributed by atoms with Crippen LogP contribution in [0.5, 0.6) is 5.75 Å². The van der Waals surface area contributed by atoms with Crippen molar-refractivity contribution >= 4 is 0 Å². The summed E-state index contributed by atoms with van der Waals surface area (Å²) in [5.41, 5.74) is 9.89. The van der Waals surface area contributed by atoms with E-state index in [0.717, 1.165) is 23.3 Å². The molecule has 1 unspecified atom stereocenters. The minimum atomic E-state index is -0.147. The summed E-state index contributed by atoms with van der Waals surface area (Å²) < 4.78 is 5.38. The van der Waals surface area contributed by atoms with Crippen LogP contribution in [-0.4, -0.2) is 7.11 Å². The first-order chi connectivity index (χ1) is 9.76. The molecule has 0 aliphatic heterocycles. The molecule has 106 valence electrons. The van der Waals surface area contributed by atoms with Gasteiger partial charge in [-0.1, -0.05) is 55.8 Å². The normalized spacial score (nSPS) is 12.2. The lowest BCUT2D eigenvalue weighted by Crippen LogP contribution is -2.13. The molecule has 2 nitrogen and oxygen atoms in total. The fourth-order valence-electron chi connectivity index (χ4n) is 2.38. The van der Waals surface area contributed by atoms with Crippen molar-refractivity contribution < 1.29 is 4.74 Å². The second kappa shape index (κ2) is 7.11. The summed E-state index contributed by atoms with van der Waals surface area (Å²) in [7, 11) is 1.68. The standard InChI is InChI=1S/C18H23NO/c1-3-4-7-14-10-12-15(13-11-14)18(19)16-8-5-6-9-17(16)20-2/h5-6,8-13,18H,3-4,7,19H2,1-2H3. The SMILES string of the molecule is CCCCc1ccc(C(N)c2ccccc2OC)cc1. The Hall–Kier alpha value is -1.80. The molecule has 1 atom stereocenters. The van der Waals surface area contributed by atoms with Crippen LogP contribution in [0.1, 0.15) is 42.5 Å². The predicted octanol–water partition coefficient (Wildman–Crippen LogP) is 4.09. The zero-order chi connectivity index (χ0) is 14.4. The molecule has 2 rings (SSSR count). The fraction of sp³-hybridized carbons (Fsp3) is 0.333. The van der Waals surface area contributed by atoms with E-state index in [-0.39, 0.29) is 6.04 Å². The quantitative estimate of drug-likeness (QED) is 0.857. The van der Waals surface area contributed by atoms with Crippen molar-refractivity contribution in [2.75, 3.05) is 7.11 Å². The van der Waals surface area contributed by atoms with E-state index in [2.05, 4.69) is 31.2 Å². The Morgan fingerprint density at radius 2 is 1.75 bits per heavy atom. The Morgan fingerprint density at radius 3 is 2.40 bits per heavy atom. The first kappa shape index (κ1) is 14.6. The molecule has 0 amide bonds. The summed E-state index contributed by atoms with van der Waals surface area (Å²) in [6.45, 7) is 2.21. The molecule has 0 fully saturated rings. The van der Waals surface area contributed by atoms with Gasteiger partial charge in [-0.3, -0.25) is 0 Å². The lowest BCUT2D eigenvalue weighted by atomic mass is 9.97. The summed E-state index contributed by atoms with van der Waals surface area (Å²) in [6.07, 6.45) is 3.60. The number of ether oxygens (including phenoxy) is 1. The fourth-order valence-corrected chi connectivity index (χ4v) is 2.38. The van der Waals surface area contributed by atoms with E-state index in [0.29, 0.717) is 0 Å². The molecule has 0 radical (unpaired) electrons. The number of unbranched alkanes of at least 4 members (excludes halogenated alkanes) is 1. The monoisotopic (exact) mass is 269 g/mol. The number of aryl methyl sites for hydroxylation is 1. The van der Waals surface area contributed by atoms with Crippen molar-refractivity contribution in [1.29, 1.82) is 0 Å². The number of hydrogen-bond donors (Lipinski definition) is 1. The van der Waals surface area contributed by atoms with Gasteiger partial charge in [-0.05, 0) is 30.0 Å². The van der Waals surface area contributed by atoms with Crippen molar-refractivity contribution in [2.24, 2.45) is 5.73 Å². The molecule has 0 bridgehead atoms. The summed E-state index contributed by atoms with van der Waals surface area (Å²) in [5, 5.41) is 0. The smallest absolute Gasteiger partial charge is 0.123 e. The largest absolute Gasteiger partial charge is 0.496 e. The Balaban J connectivity index is 2.18. The maximum atomic E-state index is 6.36. The van der Waals surface area contributed by atoms with Crippen LogP contribution in [0.3, 0.4) is 0 Å². The van der Waals surface area contributed by atoms with Crippen molar-refractivity contribution in [2.45, 2.75) is 32.2 Å². The van der Waals surface area contributed by atoms with Crippen LogP contribution in [0.15, 0.2) is 48.5 Å². The Labute approximate surface area is 121 Å². The number of rotatable bonds is 6. The van der Waals surface area contributed by atoms with Gasteiger partial charge in [0, 0.05) is 5.56 Å². The van der Waals surface area contributed by atoms with Gasteiger partial charge in [0.05, 0.1) is 13.2 Å². The lowest BCUT2D eigenvalue weighted by Gasteiger charge is -2.16. The van der Waals surface area contributed by atoms with Crippen molar-refractivity contribution in [3.63, 3.8) is 0 Å². The van der Waals surface area contributed by atoms with Gasteiger partial charge in [-0.25, -0.2) is 0 Å². The summed E-state index contributed by atoms with van der Waals surface area (Å²) in [6, 6.07) is 16.4. The van der Waals surface area contributed by atoms with Gasteiger partial charge in [0.25, 0.3) is 0 Å². The predicted molar refractivity (Wildman–Crippen MR) is 84.1 cm³/mol. The lowest BCUT2D eigenvalue weighted by molar-refractivity contribution is 0.408. The molecule has 0 saturated heterocycles. The summed E-state index contributed by atoms with van der Waals surface area (Å²) in [5.74, 6) is 0.843. The highest BCUT2D eigenvalue weighted by Gasteiger charge is 2.13. The van der Waals surface area contributed by atoms with Crippen molar-refractivity contribution in [3.05, 3.63) is 65.2 Å². The molecule has 0 spiro atoms. The summed E-state index contributed by atoms with van der Waals surface area (Å²) in [4.78, 5) is 0. The molecule has 2 aromatic rings. The van der Waals surface area contributed by atoms with Gasteiger partial charge in [0.2, 0.25) is 0 Å². The third-order valence-corrected chi connectivity index (χ3v) is 3.63. The van der Waals surface area contributed by atoms with E-state index < -0.39 is 0 Å². The number of nitrogens with two attached hydrogens (primary N) is 1. The van der Waals surface area contributed by atoms with Crippen LogP contribution in [-0.2, 0) is 6.42 Å². The molecular weight excluding hydrogens is 246 g/mol. The number of benzene rings is 2. The Bertz CT molecular complexity index is 533. The average molecular weight is 269 g/mol. The first-order valence-electron chi connectivity index (χ1n) is 7.23. The molecule has 0 aromatic heterocycles. The van der Waals surface area contributed by atoms with E-state index in [1.54, 1.807) is 7.11 Å². The van der Waals surface area contributed by atoms with Crippen LogP contribution >= 0.6 is 0 Å². The Morgan fingerprint density at radius 1 is 1.05 bits per heavy atom. The maximum Gasteiger partial charge on any atom is 0.123 e. The molecular formula is C18H23NO. The van der Waals surface area contributed by atoms with Gasteiger partial charge in [-0.2, -0.15) is 0 Å². The highest BCUT2D eigenvalue weighted by molar-refractivity contribution is 5.41. The number of methoxy groups -OCH3 is 1. The van der Waals surface area contributed by atoms with Gasteiger partial charge >= 0.3 is 0 Å². The van der Waals surface area contributed by atoms with Crippen LogP contribution < -0.4 is 10.5 Å². The van der Waals surface area contributed by atoms with Crippen LogP contribution in [0.4, 0.5) is 0 Å². The Kier molecular flexibility index (Phi) is 5.19. The van der Waals surface area contributed by atoms with E-state index in [9.17, 15) is 0 Å². The number of hydrogen-bond acceptors (Lipinski definition) is 2. The van der Waals surface area contributed by atoms with Gasteiger partial charge in [-0.15, -0.1) is 0 Å². The third-order valence-electron chi connectivity index (χ3n) is 3.63. The van der Waals surface area contributed by atoms with Crippen LogP contribution in [0.2, 0.25) is 0 Å². The molecule has 0 aliphatic rings. The molecule has 2 heteroatoms. The molecule has 0 aliphatic carbocycles. The number of para-hydroxylation sites is 1. The van der Waals surface area contributed by atoms with Gasteiger partial charge < -0.3 is 10.5 Å². The highest BCUT2D eigenvalue weighted by atomic mass is 16.5. The minimum absolute atomic E-state index is 0.147. The van der Waals surface area contributed by atoms with Gasteiger partial charge in [0.1, 0.15) is 5.75 Å². The van der Waals surface area contributed by atoms with Crippen LogP contribution in [0.25, 0.3) is 0 Å². The average Bonchev–Trinajstić information content (AvgIpc) is 2.52. The summed E-state index contributed by atoms with van der Waals surface area (Å²) >= 11 is 0.